The molecule has 59 heavy (non-hydrogen) atoms. The molecule has 0 aliphatic carbocycles. The monoisotopic (exact) mass is 812 g/mol. The maximum atomic E-state index is 12.7. The lowest BCUT2D eigenvalue weighted by Crippen LogP contribution is -2.40. The van der Waals surface area contributed by atoms with Crippen molar-refractivity contribution in [3.05, 3.63) is 60.4 Å². The lowest BCUT2D eigenvalue weighted by molar-refractivity contribution is -0.131. The van der Waals surface area contributed by atoms with Gasteiger partial charge in [-0.1, -0.05) is 66.5 Å². The summed E-state index contributed by atoms with van der Waals surface area (Å²) in [7, 11) is 2.49. The van der Waals surface area contributed by atoms with Crippen molar-refractivity contribution < 1.29 is 33.1 Å². The second kappa shape index (κ2) is 27.8. The number of imidazole rings is 2. The average Bonchev–Trinajstić information content (AvgIpc) is 4.02. The molecule has 0 saturated heterocycles. The van der Waals surface area contributed by atoms with Gasteiger partial charge in [-0.05, 0) is 37.1 Å². The molecule has 318 valence electrons. The van der Waals surface area contributed by atoms with Gasteiger partial charge in [-0.2, -0.15) is 0 Å². The smallest absolute Gasteiger partial charge is 0.407 e. The molecule has 0 fully saturated rings. The highest BCUT2D eigenvalue weighted by Crippen LogP contribution is 2.34. The predicted molar refractivity (Wildman–Crippen MR) is 233 cm³/mol. The summed E-state index contributed by atoms with van der Waals surface area (Å²) in [6.45, 7) is 13.7. The van der Waals surface area contributed by atoms with Gasteiger partial charge >= 0.3 is 12.2 Å². The zero-order chi connectivity index (χ0) is 44.3. The molecule has 0 radical (unpaired) electrons. The van der Waals surface area contributed by atoms with Gasteiger partial charge in [0.2, 0.25) is 11.8 Å². The zero-order valence-corrected chi connectivity index (χ0v) is 35.6. The van der Waals surface area contributed by atoms with Crippen LogP contribution < -0.4 is 10.6 Å². The SMILES string of the molecule is C#C.C#C.CCC.CCC.CCCN(Cc1ncc(-c2ccc3c(c2)oc2cc(-c4cnc(CN(CCC)C(=O)CNC(=O)OC)[nH]4)ccc23)[nH]1)C(=O)CNC(=O)OC. The molecule has 0 spiro atoms. The Morgan fingerprint density at radius 1 is 0.644 bits per heavy atom. The number of benzene rings is 2. The summed E-state index contributed by atoms with van der Waals surface area (Å²) in [5.41, 5.74) is 4.71. The minimum absolute atomic E-state index is 0.164. The van der Waals surface area contributed by atoms with Crippen LogP contribution in [0, 0.1) is 25.7 Å². The first-order valence-corrected chi connectivity index (χ1v) is 19.5. The molecule has 3 heterocycles. The Balaban J connectivity index is 0.00000159. The van der Waals surface area contributed by atoms with Crippen molar-refractivity contribution in [1.29, 1.82) is 0 Å². The van der Waals surface area contributed by atoms with Gasteiger partial charge in [0.15, 0.2) is 0 Å². The van der Waals surface area contributed by atoms with Crippen LogP contribution in [0.2, 0.25) is 0 Å². The van der Waals surface area contributed by atoms with Crippen LogP contribution in [0.5, 0.6) is 0 Å². The molecule has 5 aromatic rings. The summed E-state index contributed by atoms with van der Waals surface area (Å²) >= 11 is 0. The van der Waals surface area contributed by atoms with Crippen molar-refractivity contribution in [2.45, 2.75) is 80.3 Å². The Kier molecular flexibility index (Phi) is 23.7. The highest BCUT2D eigenvalue weighted by atomic mass is 16.5. The molecule has 4 N–H and O–H groups in total. The van der Waals surface area contributed by atoms with Crippen molar-refractivity contribution in [1.82, 2.24) is 40.4 Å². The van der Waals surface area contributed by atoms with E-state index >= 15 is 0 Å². The molecule has 0 bridgehead atoms. The van der Waals surface area contributed by atoms with Gasteiger partial charge in [-0.15, -0.1) is 25.7 Å². The second-order valence-corrected chi connectivity index (χ2v) is 12.7. The molecule has 5 rings (SSSR count). The Labute approximate surface area is 348 Å². The van der Waals surface area contributed by atoms with Crippen molar-refractivity contribution in [3.8, 4) is 48.2 Å². The largest absolute Gasteiger partial charge is 0.456 e. The summed E-state index contributed by atoms with van der Waals surface area (Å²) in [5.74, 6) is 0.753. The fraction of sp³-hybridized carbons (Fsp3) is 0.409. The number of carbonyl (C=O) groups excluding carboxylic acids is 4. The number of terminal acetylenes is 2. The van der Waals surface area contributed by atoms with Crippen molar-refractivity contribution in [2.24, 2.45) is 0 Å². The summed E-state index contributed by atoms with van der Waals surface area (Å²) in [6.07, 6.45) is 22.1. The van der Waals surface area contributed by atoms with Gasteiger partial charge in [0.05, 0.1) is 51.1 Å². The highest BCUT2D eigenvalue weighted by Gasteiger charge is 2.19. The lowest BCUT2D eigenvalue weighted by Gasteiger charge is -2.21. The maximum absolute atomic E-state index is 12.7. The van der Waals surface area contributed by atoms with E-state index in [0.717, 1.165) is 46.1 Å². The predicted octanol–water partition coefficient (Wildman–Crippen LogP) is 7.89. The maximum Gasteiger partial charge on any atom is 0.407 e. The van der Waals surface area contributed by atoms with Crippen LogP contribution in [-0.4, -0.2) is 94.1 Å². The molecular formula is C44H60N8O7. The molecule has 0 aliphatic heterocycles. The fourth-order valence-corrected chi connectivity index (χ4v) is 5.44. The molecule has 0 saturated carbocycles. The van der Waals surface area contributed by atoms with Crippen LogP contribution >= 0.6 is 0 Å². The molecule has 3 aromatic heterocycles. The van der Waals surface area contributed by atoms with Gasteiger partial charge in [0, 0.05) is 35.0 Å². The first-order chi connectivity index (χ1) is 28.5. The van der Waals surface area contributed by atoms with Crippen LogP contribution in [0.15, 0.2) is 53.2 Å². The van der Waals surface area contributed by atoms with Crippen LogP contribution in [0.4, 0.5) is 9.59 Å². The van der Waals surface area contributed by atoms with E-state index < -0.39 is 12.2 Å². The van der Waals surface area contributed by atoms with Crippen LogP contribution in [0.3, 0.4) is 0 Å². The minimum Gasteiger partial charge on any atom is -0.456 e. The van der Waals surface area contributed by atoms with E-state index in [4.69, 9.17) is 4.42 Å². The molecule has 15 nitrogen and oxygen atoms in total. The molecule has 4 amide bonds. The number of nitrogens with zero attached hydrogens (tertiary/aromatic N) is 4. The molecular weight excluding hydrogens is 753 g/mol. The van der Waals surface area contributed by atoms with Crippen molar-refractivity contribution in [3.63, 3.8) is 0 Å². The first kappa shape index (κ1) is 50.3. The normalized spacial score (nSPS) is 9.83. The lowest BCUT2D eigenvalue weighted by atomic mass is 10.1. The van der Waals surface area contributed by atoms with E-state index in [1.165, 1.54) is 27.1 Å². The number of aromatic amines is 2. The summed E-state index contributed by atoms with van der Waals surface area (Å²) < 4.78 is 15.4. The number of H-pyrrole nitrogens is 2. The molecule has 0 atom stereocenters. The summed E-state index contributed by atoms with van der Waals surface area (Å²) in [4.78, 5) is 67.0. The van der Waals surface area contributed by atoms with Gasteiger partial charge < -0.3 is 44.3 Å². The van der Waals surface area contributed by atoms with E-state index in [1.54, 1.807) is 22.2 Å². The number of nitrogens with one attached hydrogen (secondary N) is 4. The standard InChI is InChI=1S/C34H40N8O7.2C3H8.2C2H2/c1-5-11-41(31(43)17-37-33(45)47-3)19-29-35-15-25(39-29)21-7-9-23-24-10-8-22(14-28(24)49-27(23)13-21)26-16-36-30(40-26)20-42(12-6-2)32(44)18-38-34(46)48-4;2*1-3-2;2*1-2/h7-10,13-16H,5-6,11-12,17-20H2,1-4H3,(H,35,39)(H,36,40)(H,37,45)(H,38,46);2*3H2,1-2H3;2*1-2H. The number of methoxy groups -OCH3 is 2. The van der Waals surface area contributed by atoms with E-state index in [-0.39, 0.29) is 38.0 Å². The van der Waals surface area contributed by atoms with Gasteiger partial charge in [-0.25, -0.2) is 19.6 Å². The van der Waals surface area contributed by atoms with Crippen molar-refractivity contribution >= 4 is 45.9 Å². The van der Waals surface area contributed by atoms with Gasteiger partial charge in [0.25, 0.3) is 0 Å². The van der Waals surface area contributed by atoms with Crippen LogP contribution in [-0.2, 0) is 32.2 Å². The summed E-state index contributed by atoms with van der Waals surface area (Å²) in [5, 5.41) is 6.78. The van der Waals surface area contributed by atoms with Crippen LogP contribution in [0.25, 0.3) is 44.5 Å². The second-order valence-electron chi connectivity index (χ2n) is 12.7. The number of hydrogen-bond donors (Lipinski definition) is 4. The van der Waals surface area contributed by atoms with Gasteiger partial charge in [0.1, 0.15) is 35.9 Å². The van der Waals surface area contributed by atoms with E-state index in [9.17, 15) is 19.2 Å². The quantitative estimate of drug-likeness (QED) is 0.0809. The average molecular weight is 813 g/mol. The Bertz CT molecular complexity index is 1930. The molecule has 15 heteroatoms. The molecule has 0 unspecified atom stereocenters. The van der Waals surface area contributed by atoms with E-state index in [1.807, 2.05) is 50.2 Å². The third kappa shape index (κ3) is 15.6. The number of ether oxygens (including phenoxy) is 2. The number of fused-ring (bicyclic) bond motifs is 3. The Morgan fingerprint density at radius 2 is 1.00 bits per heavy atom. The number of hydrogen-bond acceptors (Lipinski definition) is 9. The number of alkyl carbamates (subject to hydrolysis) is 2. The van der Waals surface area contributed by atoms with Crippen molar-refractivity contribution in [2.75, 3.05) is 40.4 Å². The molecule has 2 aromatic carbocycles. The Hall–Kier alpha value is -6.74. The van der Waals surface area contributed by atoms with Gasteiger partial charge in [-0.3, -0.25) is 9.59 Å². The molecule has 0 aliphatic rings. The number of amides is 4. The summed E-state index contributed by atoms with van der Waals surface area (Å²) in [6, 6.07) is 11.9. The highest BCUT2D eigenvalue weighted by molar-refractivity contribution is 6.06. The first-order valence-electron chi connectivity index (χ1n) is 19.5. The third-order valence-electron chi connectivity index (χ3n) is 7.86. The third-order valence-corrected chi connectivity index (χ3v) is 7.86. The topological polar surface area (TPSA) is 188 Å². The number of furan rings is 1. The number of carbonyl (C=O) groups is 4. The number of aromatic nitrogens is 4. The van der Waals surface area contributed by atoms with Crippen LogP contribution in [0.1, 0.15) is 78.9 Å². The fourth-order valence-electron chi connectivity index (χ4n) is 5.44. The number of rotatable bonds is 14. The Morgan fingerprint density at radius 3 is 1.32 bits per heavy atom. The van der Waals surface area contributed by atoms with E-state index in [0.29, 0.717) is 35.9 Å². The van der Waals surface area contributed by atoms with E-state index in [2.05, 4.69) is 93.4 Å². The minimum atomic E-state index is -0.662. The zero-order valence-electron chi connectivity index (χ0n) is 35.6.